The van der Waals surface area contributed by atoms with Crippen LogP contribution in [0.15, 0.2) is 29.4 Å². The van der Waals surface area contributed by atoms with Crippen LogP contribution in [0, 0.1) is 6.92 Å². The third-order valence-corrected chi connectivity index (χ3v) is 4.44. The van der Waals surface area contributed by atoms with E-state index in [2.05, 4.69) is 34.5 Å². The predicted octanol–water partition coefficient (Wildman–Crippen LogP) is 4.12. The van der Waals surface area contributed by atoms with Crippen molar-refractivity contribution in [1.29, 1.82) is 0 Å². The maximum atomic E-state index is 5.69. The second-order valence-electron chi connectivity index (χ2n) is 5.75. The molecule has 27 heavy (non-hydrogen) atoms. The molecule has 8 heteroatoms. The minimum absolute atomic E-state index is 0. The summed E-state index contributed by atoms with van der Waals surface area (Å²) in [7, 11) is 1.66. The molecule has 0 radical (unpaired) electrons. The summed E-state index contributed by atoms with van der Waals surface area (Å²) in [6.45, 7) is 8.88. The van der Waals surface area contributed by atoms with Gasteiger partial charge in [0, 0.05) is 17.6 Å². The number of thiazole rings is 1. The third kappa shape index (κ3) is 7.92. The number of nitrogens with one attached hydrogen (secondary N) is 2. The molecule has 0 fully saturated rings. The Bertz CT molecular complexity index is 721. The Balaban J connectivity index is 0.00000364. The van der Waals surface area contributed by atoms with Crippen molar-refractivity contribution in [3.05, 3.63) is 39.8 Å². The largest absolute Gasteiger partial charge is 0.493 e. The summed E-state index contributed by atoms with van der Waals surface area (Å²) in [5.74, 6) is 2.28. The zero-order chi connectivity index (χ0) is 18.8. The number of ether oxygens (including phenoxy) is 2. The van der Waals surface area contributed by atoms with Gasteiger partial charge in [0.2, 0.25) is 0 Å². The summed E-state index contributed by atoms with van der Waals surface area (Å²) in [5, 5.41) is 7.63. The number of halogens is 1. The Kier molecular flexibility index (Phi) is 11.1. The van der Waals surface area contributed by atoms with Gasteiger partial charge in [0.05, 0.1) is 26.8 Å². The van der Waals surface area contributed by atoms with Gasteiger partial charge in [-0.15, -0.1) is 35.3 Å². The number of aryl methyl sites for hydroxylation is 1. The average Bonchev–Trinajstić information content (AvgIpc) is 3.07. The molecule has 1 aromatic heterocycles. The third-order valence-electron chi connectivity index (χ3n) is 3.53. The van der Waals surface area contributed by atoms with Gasteiger partial charge >= 0.3 is 0 Å². The molecule has 150 valence electrons. The minimum Gasteiger partial charge on any atom is -0.493 e. The van der Waals surface area contributed by atoms with Gasteiger partial charge in [0.25, 0.3) is 0 Å². The lowest BCUT2D eigenvalue weighted by Crippen LogP contribution is -2.36. The maximum Gasteiger partial charge on any atom is 0.191 e. The molecular formula is C19H29IN4O2S. The highest BCUT2D eigenvalue weighted by Crippen LogP contribution is 2.28. The Morgan fingerprint density at radius 3 is 2.67 bits per heavy atom. The van der Waals surface area contributed by atoms with Crippen LogP contribution in [0.2, 0.25) is 0 Å². The van der Waals surface area contributed by atoms with Crippen molar-refractivity contribution in [2.24, 2.45) is 4.99 Å². The zero-order valence-electron chi connectivity index (χ0n) is 16.4. The number of rotatable bonds is 9. The van der Waals surface area contributed by atoms with Crippen molar-refractivity contribution in [3.8, 4) is 11.5 Å². The van der Waals surface area contributed by atoms with E-state index in [1.165, 1.54) is 4.88 Å². The summed E-state index contributed by atoms with van der Waals surface area (Å²) in [6, 6.07) is 5.94. The lowest BCUT2D eigenvalue weighted by atomic mass is 10.2. The molecule has 0 aliphatic heterocycles. The summed E-state index contributed by atoms with van der Waals surface area (Å²) >= 11 is 1.69. The van der Waals surface area contributed by atoms with E-state index in [-0.39, 0.29) is 24.0 Å². The lowest BCUT2D eigenvalue weighted by molar-refractivity contribution is 0.294. The van der Waals surface area contributed by atoms with Gasteiger partial charge < -0.3 is 20.1 Å². The van der Waals surface area contributed by atoms with Gasteiger partial charge in [0.1, 0.15) is 5.01 Å². The Hall–Kier alpha value is -1.55. The molecule has 2 aromatic rings. The number of aromatic nitrogens is 1. The first-order chi connectivity index (χ1) is 12.7. The molecule has 2 N–H and O–H groups in total. The van der Waals surface area contributed by atoms with E-state index >= 15 is 0 Å². The maximum absolute atomic E-state index is 5.69. The van der Waals surface area contributed by atoms with Gasteiger partial charge in [-0.1, -0.05) is 13.0 Å². The summed E-state index contributed by atoms with van der Waals surface area (Å²) in [4.78, 5) is 10.2. The predicted molar refractivity (Wildman–Crippen MR) is 123 cm³/mol. The van der Waals surface area contributed by atoms with Crippen LogP contribution < -0.4 is 20.1 Å². The Morgan fingerprint density at radius 2 is 2.04 bits per heavy atom. The molecule has 0 saturated heterocycles. The Morgan fingerprint density at radius 1 is 1.22 bits per heavy atom. The fraction of sp³-hybridized carbons (Fsp3) is 0.474. The van der Waals surface area contributed by atoms with Crippen LogP contribution in [-0.4, -0.2) is 31.2 Å². The van der Waals surface area contributed by atoms with Crippen molar-refractivity contribution < 1.29 is 9.47 Å². The van der Waals surface area contributed by atoms with Crippen LogP contribution in [-0.2, 0) is 13.1 Å². The number of hydrogen-bond donors (Lipinski definition) is 2. The molecule has 1 heterocycles. The standard InChI is InChI=1S/C19H28N4O2S.HI/c1-5-9-25-16-8-7-15(10-17(16)24-4)12-22-19(20-6-2)23-13-18-21-11-14(3)26-18;/h7-8,10-11H,5-6,9,12-13H2,1-4H3,(H2,20,22,23);1H. The van der Waals surface area contributed by atoms with Crippen molar-refractivity contribution in [1.82, 2.24) is 15.6 Å². The topological polar surface area (TPSA) is 67.8 Å². The second-order valence-corrected chi connectivity index (χ2v) is 7.07. The van der Waals surface area contributed by atoms with E-state index in [4.69, 9.17) is 9.47 Å². The number of hydrogen-bond acceptors (Lipinski definition) is 5. The molecular weight excluding hydrogens is 475 g/mol. The average molecular weight is 504 g/mol. The normalized spacial score (nSPS) is 10.9. The number of aliphatic imine (C=N–C) groups is 1. The van der Waals surface area contributed by atoms with Crippen LogP contribution in [0.25, 0.3) is 0 Å². The zero-order valence-corrected chi connectivity index (χ0v) is 19.5. The number of benzene rings is 1. The molecule has 0 atom stereocenters. The first-order valence-corrected chi connectivity index (χ1v) is 9.71. The molecule has 0 saturated carbocycles. The van der Waals surface area contributed by atoms with Crippen LogP contribution in [0.1, 0.15) is 35.7 Å². The van der Waals surface area contributed by atoms with E-state index in [0.717, 1.165) is 41.0 Å². The fourth-order valence-electron chi connectivity index (χ4n) is 2.30. The minimum atomic E-state index is 0. The molecule has 0 unspecified atom stereocenters. The van der Waals surface area contributed by atoms with Gasteiger partial charge in [-0.05, 0) is 38.0 Å². The second kappa shape index (κ2) is 12.8. The molecule has 1 aromatic carbocycles. The first-order valence-electron chi connectivity index (χ1n) is 8.89. The van der Waals surface area contributed by atoms with E-state index in [9.17, 15) is 0 Å². The van der Waals surface area contributed by atoms with Crippen molar-refractivity contribution in [2.45, 2.75) is 40.3 Å². The van der Waals surface area contributed by atoms with Gasteiger partial charge in [0.15, 0.2) is 17.5 Å². The number of nitrogens with zero attached hydrogens (tertiary/aromatic N) is 2. The van der Waals surface area contributed by atoms with Crippen LogP contribution in [0.5, 0.6) is 11.5 Å². The van der Waals surface area contributed by atoms with Crippen LogP contribution in [0.4, 0.5) is 0 Å². The summed E-state index contributed by atoms with van der Waals surface area (Å²) < 4.78 is 11.1. The lowest BCUT2D eigenvalue weighted by Gasteiger charge is -2.12. The van der Waals surface area contributed by atoms with Crippen molar-refractivity contribution in [3.63, 3.8) is 0 Å². The van der Waals surface area contributed by atoms with Gasteiger partial charge in [-0.25, -0.2) is 9.98 Å². The number of guanidine groups is 1. The molecule has 0 aliphatic carbocycles. The number of methoxy groups -OCH3 is 1. The van der Waals surface area contributed by atoms with Gasteiger partial charge in [-0.3, -0.25) is 0 Å². The highest BCUT2D eigenvalue weighted by atomic mass is 127. The van der Waals surface area contributed by atoms with E-state index in [1.807, 2.05) is 31.3 Å². The van der Waals surface area contributed by atoms with Gasteiger partial charge in [-0.2, -0.15) is 0 Å². The first kappa shape index (κ1) is 23.5. The molecule has 2 rings (SSSR count). The van der Waals surface area contributed by atoms with Crippen molar-refractivity contribution >= 4 is 41.3 Å². The highest BCUT2D eigenvalue weighted by molar-refractivity contribution is 14.0. The van der Waals surface area contributed by atoms with E-state index in [0.29, 0.717) is 19.7 Å². The molecule has 0 spiro atoms. The quantitative estimate of drug-likeness (QED) is 0.306. The SMILES string of the molecule is CCCOc1ccc(CN=C(NCC)NCc2ncc(C)s2)cc1OC.I. The smallest absolute Gasteiger partial charge is 0.191 e. The molecule has 6 nitrogen and oxygen atoms in total. The van der Waals surface area contributed by atoms with Crippen molar-refractivity contribution in [2.75, 3.05) is 20.3 Å². The van der Waals surface area contributed by atoms with Crippen LogP contribution >= 0.6 is 35.3 Å². The highest BCUT2D eigenvalue weighted by Gasteiger charge is 2.06. The van der Waals surface area contributed by atoms with Crippen LogP contribution in [0.3, 0.4) is 0 Å². The monoisotopic (exact) mass is 504 g/mol. The summed E-state index contributed by atoms with van der Waals surface area (Å²) in [5.41, 5.74) is 1.06. The summed E-state index contributed by atoms with van der Waals surface area (Å²) in [6.07, 6.45) is 2.85. The molecule has 0 amide bonds. The molecule has 0 aliphatic rings. The molecule has 0 bridgehead atoms. The van der Waals surface area contributed by atoms with E-state index in [1.54, 1.807) is 18.4 Å². The fourth-order valence-corrected chi connectivity index (χ4v) is 3.02. The Labute approximate surface area is 182 Å². The van der Waals surface area contributed by atoms with E-state index < -0.39 is 0 Å².